The monoisotopic (exact) mass is 352 g/mol. The number of hydrogen-bond acceptors (Lipinski definition) is 5. The van der Waals surface area contributed by atoms with Crippen LogP contribution in [0.2, 0.25) is 0 Å². The van der Waals surface area contributed by atoms with Crippen molar-refractivity contribution in [2.24, 2.45) is 5.10 Å². The van der Waals surface area contributed by atoms with Crippen molar-refractivity contribution in [2.45, 2.75) is 6.92 Å². The Balaban J connectivity index is 1.46. The summed E-state index contributed by atoms with van der Waals surface area (Å²) in [6, 6.07) is 20.5. The van der Waals surface area contributed by atoms with Gasteiger partial charge in [0.25, 0.3) is 5.95 Å². The number of nitrogens with zero attached hydrogens (tertiary/aromatic N) is 4. The van der Waals surface area contributed by atoms with Gasteiger partial charge in [0.15, 0.2) is 5.65 Å². The highest BCUT2D eigenvalue weighted by Gasteiger charge is 2.08. The molecule has 3 aromatic carbocycles. The Morgan fingerprint density at radius 2 is 1.85 bits per heavy atom. The molecule has 0 saturated heterocycles. The first-order valence-corrected chi connectivity index (χ1v) is 8.67. The minimum Gasteiger partial charge on any atom is -0.338 e. The Bertz CT molecular complexity index is 1310. The molecule has 0 spiro atoms. The van der Waals surface area contributed by atoms with Gasteiger partial charge in [-0.3, -0.25) is 0 Å². The third-order valence-electron chi connectivity index (χ3n) is 4.56. The number of fused-ring (bicyclic) bond motifs is 4. The third kappa shape index (κ3) is 2.77. The maximum atomic E-state index is 4.48. The van der Waals surface area contributed by atoms with Gasteiger partial charge < -0.3 is 4.98 Å². The number of hydrogen-bond donors (Lipinski definition) is 2. The van der Waals surface area contributed by atoms with Crippen molar-refractivity contribution in [3.63, 3.8) is 0 Å². The summed E-state index contributed by atoms with van der Waals surface area (Å²) in [5, 5.41) is 16.1. The highest BCUT2D eigenvalue weighted by molar-refractivity contribution is 6.03. The topological polar surface area (TPSA) is 78.9 Å². The van der Waals surface area contributed by atoms with Crippen molar-refractivity contribution < 1.29 is 0 Å². The van der Waals surface area contributed by atoms with Crippen molar-refractivity contribution in [1.82, 2.24) is 20.2 Å². The summed E-state index contributed by atoms with van der Waals surface area (Å²) < 4.78 is 0. The first-order chi connectivity index (χ1) is 13.3. The first-order valence-electron chi connectivity index (χ1n) is 8.67. The van der Waals surface area contributed by atoms with Crippen LogP contribution in [0.15, 0.2) is 65.8 Å². The maximum Gasteiger partial charge on any atom is 0.265 e. The molecule has 0 aliphatic rings. The number of aryl methyl sites for hydroxylation is 1. The molecule has 6 nitrogen and oxygen atoms in total. The summed E-state index contributed by atoms with van der Waals surface area (Å²) in [6.45, 7) is 2.05. The number of aromatic amines is 1. The summed E-state index contributed by atoms with van der Waals surface area (Å²) in [4.78, 5) is 7.75. The number of nitrogens with one attached hydrogen (secondary N) is 2. The van der Waals surface area contributed by atoms with Crippen LogP contribution in [0.25, 0.3) is 32.8 Å². The van der Waals surface area contributed by atoms with Crippen LogP contribution in [0.1, 0.15) is 11.1 Å². The molecule has 0 saturated carbocycles. The van der Waals surface area contributed by atoms with Crippen molar-refractivity contribution in [3.8, 4) is 0 Å². The molecular formula is C21H16N6. The zero-order valence-corrected chi connectivity index (χ0v) is 14.6. The molecule has 0 atom stereocenters. The molecule has 0 aliphatic carbocycles. The third-order valence-corrected chi connectivity index (χ3v) is 4.56. The quantitative estimate of drug-likeness (QED) is 0.372. The normalized spacial score (nSPS) is 11.7. The van der Waals surface area contributed by atoms with E-state index in [1.807, 2.05) is 30.3 Å². The standard InChI is InChI=1S/C21H16N6/c1-13-9-10-18-17(11-13)19-20(23-18)24-21(27-25-19)26-22-12-15-7-4-6-14-5-2-3-8-16(14)15/h2-12H,1H3,(H2,23,24,26,27)/b22-12+. The molecule has 0 bridgehead atoms. The minimum atomic E-state index is 0.349. The van der Waals surface area contributed by atoms with Crippen LogP contribution in [0.3, 0.4) is 0 Å². The molecule has 0 amide bonds. The van der Waals surface area contributed by atoms with Gasteiger partial charge in [-0.25, -0.2) is 5.43 Å². The Hall–Kier alpha value is -3.80. The van der Waals surface area contributed by atoms with E-state index < -0.39 is 0 Å². The average molecular weight is 352 g/mol. The Morgan fingerprint density at radius 3 is 2.81 bits per heavy atom. The molecule has 2 aromatic heterocycles. The van der Waals surface area contributed by atoms with Gasteiger partial charge in [0.1, 0.15) is 5.52 Å². The van der Waals surface area contributed by atoms with E-state index in [1.54, 1.807) is 6.21 Å². The van der Waals surface area contributed by atoms with Crippen molar-refractivity contribution in [1.29, 1.82) is 0 Å². The SMILES string of the molecule is Cc1ccc2[nH]c3nc(N/N=C/c4cccc5ccccc45)nnc3c2c1. The summed E-state index contributed by atoms with van der Waals surface area (Å²) in [6.07, 6.45) is 1.77. The minimum absolute atomic E-state index is 0.349. The maximum absolute atomic E-state index is 4.48. The van der Waals surface area contributed by atoms with E-state index in [2.05, 4.69) is 67.9 Å². The van der Waals surface area contributed by atoms with Crippen molar-refractivity contribution in [3.05, 3.63) is 71.8 Å². The van der Waals surface area contributed by atoms with Crippen LogP contribution in [0, 0.1) is 6.92 Å². The van der Waals surface area contributed by atoms with Crippen LogP contribution in [0.4, 0.5) is 5.95 Å². The van der Waals surface area contributed by atoms with Gasteiger partial charge in [0.2, 0.25) is 0 Å². The van der Waals surface area contributed by atoms with Gasteiger partial charge in [-0.1, -0.05) is 54.1 Å². The lowest BCUT2D eigenvalue weighted by atomic mass is 10.1. The van der Waals surface area contributed by atoms with Crippen LogP contribution < -0.4 is 5.43 Å². The fraction of sp³-hybridized carbons (Fsp3) is 0.0476. The predicted octanol–water partition coefficient (Wildman–Crippen LogP) is 4.41. The lowest BCUT2D eigenvalue weighted by Crippen LogP contribution is -1.99. The second-order valence-electron chi connectivity index (χ2n) is 6.45. The molecule has 6 heteroatoms. The molecule has 5 aromatic rings. The van der Waals surface area contributed by atoms with Gasteiger partial charge >= 0.3 is 0 Å². The van der Waals surface area contributed by atoms with Gasteiger partial charge in [0.05, 0.1) is 6.21 Å². The Kier molecular flexibility index (Phi) is 3.53. The second-order valence-corrected chi connectivity index (χ2v) is 6.45. The Morgan fingerprint density at radius 1 is 0.963 bits per heavy atom. The van der Waals surface area contributed by atoms with Crippen molar-refractivity contribution in [2.75, 3.05) is 5.43 Å². The van der Waals surface area contributed by atoms with E-state index in [0.717, 1.165) is 27.4 Å². The highest BCUT2D eigenvalue weighted by Crippen LogP contribution is 2.23. The molecule has 2 heterocycles. The van der Waals surface area contributed by atoms with Crippen LogP contribution in [-0.2, 0) is 0 Å². The zero-order chi connectivity index (χ0) is 18.2. The lowest BCUT2D eigenvalue weighted by Gasteiger charge is -2.01. The molecule has 2 N–H and O–H groups in total. The summed E-state index contributed by atoms with van der Waals surface area (Å²) in [7, 11) is 0. The number of aromatic nitrogens is 4. The zero-order valence-electron chi connectivity index (χ0n) is 14.6. The van der Waals surface area contributed by atoms with Gasteiger partial charge in [-0.05, 0) is 29.8 Å². The van der Waals surface area contributed by atoms with E-state index in [4.69, 9.17) is 0 Å². The summed E-state index contributed by atoms with van der Waals surface area (Å²) in [5.74, 6) is 0.349. The average Bonchev–Trinajstić information content (AvgIpc) is 3.05. The first kappa shape index (κ1) is 15.5. The number of H-pyrrole nitrogens is 1. The smallest absolute Gasteiger partial charge is 0.265 e. The number of anilines is 1. The molecule has 0 aliphatic heterocycles. The van der Waals surface area contributed by atoms with E-state index in [0.29, 0.717) is 11.6 Å². The molecule has 0 unspecified atom stereocenters. The van der Waals surface area contributed by atoms with E-state index in [1.165, 1.54) is 10.9 Å². The van der Waals surface area contributed by atoms with E-state index in [9.17, 15) is 0 Å². The van der Waals surface area contributed by atoms with E-state index in [-0.39, 0.29) is 0 Å². The number of hydrazone groups is 1. The molecule has 27 heavy (non-hydrogen) atoms. The molecule has 130 valence electrons. The fourth-order valence-electron chi connectivity index (χ4n) is 3.26. The molecular weight excluding hydrogens is 336 g/mol. The summed E-state index contributed by atoms with van der Waals surface area (Å²) in [5.41, 5.74) is 7.51. The number of benzene rings is 3. The van der Waals surface area contributed by atoms with Gasteiger partial charge in [-0.15, -0.1) is 10.2 Å². The highest BCUT2D eigenvalue weighted by atomic mass is 15.4. The fourth-order valence-corrected chi connectivity index (χ4v) is 3.26. The van der Waals surface area contributed by atoms with Crippen LogP contribution >= 0.6 is 0 Å². The lowest BCUT2D eigenvalue weighted by molar-refractivity contribution is 1.01. The largest absolute Gasteiger partial charge is 0.338 e. The molecule has 0 fully saturated rings. The molecule has 5 rings (SSSR count). The van der Waals surface area contributed by atoms with Crippen LogP contribution in [-0.4, -0.2) is 26.4 Å². The predicted molar refractivity (Wildman–Crippen MR) is 109 cm³/mol. The number of rotatable bonds is 3. The van der Waals surface area contributed by atoms with Crippen molar-refractivity contribution >= 4 is 45.0 Å². The molecule has 0 radical (unpaired) electrons. The van der Waals surface area contributed by atoms with Gasteiger partial charge in [-0.2, -0.15) is 10.1 Å². The second kappa shape index (κ2) is 6.17. The van der Waals surface area contributed by atoms with E-state index >= 15 is 0 Å². The summed E-state index contributed by atoms with van der Waals surface area (Å²) >= 11 is 0. The van der Waals surface area contributed by atoms with Gasteiger partial charge in [0, 0.05) is 16.5 Å². The Labute approximate surface area is 155 Å². The van der Waals surface area contributed by atoms with Crippen LogP contribution in [0.5, 0.6) is 0 Å².